The molecule has 9 nitrogen and oxygen atoms in total. The molecule has 1 aromatic heterocycles. The Hall–Kier alpha value is -4.96. The van der Waals surface area contributed by atoms with Gasteiger partial charge in [-0.05, 0) is 43.2 Å². The van der Waals surface area contributed by atoms with E-state index in [1.807, 2.05) is 61.5 Å². The molecule has 0 saturated carbocycles. The van der Waals surface area contributed by atoms with E-state index in [9.17, 15) is 14.4 Å². The van der Waals surface area contributed by atoms with Gasteiger partial charge in [0.15, 0.2) is 11.4 Å². The lowest BCUT2D eigenvalue weighted by atomic mass is 9.92. The van der Waals surface area contributed by atoms with Crippen molar-refractivity contribution in [1.29, 1.82) is 0 Å². The molecule has 4 aromatic rings. The second-order valence-corrected chi connectivity index (χ2v) is 10.7. The first-order valence-electron chi connectivity index (χ1n) is 13.9. The molecule has 0 radical (unpaired) electrons. The first-order valence-corrected chi connectivity index (χ1v) is 14.7. The average Bonchev–Trinajstić information content (AvgIpc) is 3.33. The van der Waals surface area contributed by atoms with Crippen molar-refractivity contribution >= 4 is 35.0 Å². The molecule has 0 saturated heterocycles. The number of ether oxygens (including phenoxy) is 3. The smallest absolute Gasteiger partial charge is 0.338 e. The van der Waals surface area contributed by atoms with Crippen LogP contribution in [0.1, 0.15) is 43.0 Å². The number of hydrogen-bond acceptors (Lipinski definition) is 8. The number of benzene rings is 3. The Morgan fingerprint density at radius 3 is 2.40 bits per heavy atom. The third kappa shape index (κ3) is 6.44. The van der Waals surface area contributed by atoms with Crippen LogP contribution in [-0.2, 0) is 14.3 Å². The maximum Gasteiger partial charge on any atom is 0.338 e. The number of rotatable bonds is 11. The Kier molecular flexibility index (Phi) is 9.17. The van der Waals surface area contributed by atoms with Crippen LogP contribution >= 0.6 is 11.3 Å². The van der Waals surface area contributed by atoms with E-state index in [4.69, 9.17) is 24.9 Å². The van der Waals surface area contributed by atoms with Crippen molar-refractivity contribution in [1.82, 2.24) is 4.57 Å². The molecule has 0 bridgehead atoms. The molecule has 10 heteroatoms. The Bertz CT molecular complexity index is 1840. The molecular weight excluding hydrogens is 566 g/mol. The molecule has 5 rings (SSSR count). The maximum absolute atomic E-state index is 14.1. The first-order chi connectivity index (χ1) is 20.9. The Morgan fingerprint density at radius 1 is 0.977 bits per heavy atom. The Labute approximate surface area is 252 Å². The molecule has 2 N–H and O–H groups in total. The molecule has 0 aliphatic carbocycles. The average molecular weight is 598 g/mol. The second kappa shape index (κ2) is 13.3. The topological polar surface area (TPSA) is 122 Å². The fraction of sp³-hybridized carbons (Fsp3) is 0.212. The highest BCUT2D eigenvalue weighted by molar-refractivity contribution is 7.07. The number of fused-ring (bicyclic) bond motifs is 1. The molecule has 1 amide bonds. The number of esters is 1. The number of aromatic nitrogens is 1. The lowest BCUT2D eigenvalue weighted by Crippen LogP contribution is -2.40. The van der Waals surface area contributed by atoms with Gasteiger partial charge in [0.25, 0.3) is 11.5 Å². The lowest BCUT2D eigenvalue weighted by Gasteiger charge is -2.27. The summed E-state index contributed by atoms with van der Waals surface area (Å²) in [6, 6.07) is 22.9. The molecule has 43 heavy (non-hydrogen) atoms. The van der Waals surface area contributed by atoms with E-state index in [-0.39, 0.29) is 24.3 Å². The van der Waals surface area contributed by atoms with Crippen LogP contribution < -0.4 is 30.1 Å². The highest BCUT2D eigenvalue weighted by Gasteiger charge is 2.36. The van der Waals surface area contributed by atoms with E-state index in [1.165, 1.54) is 11.3 Å². The summed E-state index contributed by atoms with van der Waals surface area (Å²) in [6.07, 6.45) is 2.55. The quantitative estimate of drug-likeness (QED) is 0.264. The van der Waals surface area contributed by atoms with E-state index in [0.29, 0.717) is 38.7 Å². The number of nitrogens with zero attached hydrogens (tertiary/aromatic N) is 2. The van der Waals surface area contributed by atoms with Crippen molar-refractivity contribution in [2.75, 3.05) is 19.8 Å². The van der Waals surface area contributed by atoms with Crippen molar-refractivity contribution < 1.29 is 23.8 Å². The van der Waals surface area contributed by atoms with E-state index >= 15 is 0 Å². The largest absolute Gasteiger partial charge is 0.493 e. The minimum absolute atomic E-state index is 0.161. The number of nitrogens with two attached hydrogens (primary N) is 1. The molecule has 3 aromatic carbocycles. The fourth-order valence-corrected chi connectivity index (χ4v) is 5.75. The Morgan fingerprint density at radius 2 is 1.70 bits per heavy atom. The molecule has 1 atom stereocenters. The Balaban J connectivity index is 1.73. The van der Waals surface area contributed by atoms with Crippen LogP contribution in [0.2, 0.25) is 0 Å². The second-order valence-electron chi connectivity index (χ2n) is 9.64. The standard InChI is InChI=1S/C33H31N3O6S/c1-3-18-41-25-13-9-8-12-24(25)30-28(32(39)40-4-2)29(22-10-6-5-7-11-22)35-33-36(30)31(38)26(43-33)19-21-14-16-23(17-15-21)42-20-27(34)37/h5-17,19,30H,3-4,18,20H2,1-2H3,(H2,34,37). The van der Waals surface area contributed by atoms with E-state index < -0.39 is 17.9 Å². The summed E-state index contributed by atoms with van der Waals surface area (Å²) >= 11 is 1.23. The normalized spacial score (nSPS) is 14.6. The molecule has 0 fully saturated rings. The summed E-state index contributed by atoms with van der Waals surface area (Å²) in [5.74, 6) is -0.0704. The van der Waals surface area contributed by atoms with Gasteiger partial charge in [-0.25, -0.2) is 9.79 Å². The van der Waals surface area contributed by atoms with E-state index in [2.05, 4.69) is 0 Å². The van der Waals surface area contributed by atoms with E-state index in [1.54, 1.807) is 41.8 Å². The summed E-state index contributed by atoms with van der Waals surface area (Å²) in [5.41, 5.74) is 7.69. The third-order valence-electron chi connectivity index (χ3n) is 6.61. The highest BCUT2D eigenvalue weighted by atomic mass is 32.1. The summed E-state index contributed by atoms with van der Waals surface area (Å²) in [6.45, 7) is 4.16. The van der Waals surface area contributed by atoms with Crippen LogP contribution in [0.15, 0.2) is 94.2 Å². The van der Waals surface area contributed by atoms with Crippen LogP contribution in [-0.4, -0.2) is 36.3 Å². The molecule has 1 aliphatic heterocycles. The van der Waals surface area contributed by atoms with Gasteiger partial charge in [-0.2, -0.15) is 0 Å². The van der Waals surface area contributed by atoms with Crippen molar-refractivity contribution in [2.24, 2.45) is 10.7 Å². The van der Waals surface area contributed by atoms with E-state index in [0.717, 1.165) is 17.5 Å². The van der Waals surface area contributed by atoms with Crippen molar-refractivity contribution in [3.05, 3.63) is 121 Å². The molecule has 1 unspecified atom stereocenters. The number of carbonyl (C=O) groups is 2. The number of para-hydroxylation sites is 1. The van der Waals surface area contributed by atoms with Gasteiger partial charge >= 0.3 is 5.97 Å². The van der Waals surface area contributed by atoms with Gasteiger partial charge in [0.05, 0.1) is 29.0 Å². The van der Waals surface area contributed by atoms with Gasteiger partial charge in [0, 0.05) is 11.1 Å². The predicted octanol–water partition coefficient (Wildman–Crippen LogP) is 3.59. The van der Waals surface area contributed by atoms with Gasteiger partial charge in [-0.3, -0.25) is 14.2 Å². The van der Waals surface area contributed by atoms with Crippen LogP contribution in [0.4, 0.5) is 0 Å². The highest BCUT2D eigenvalue weighted by Crippen LogP contribution is 2.38. The van der Waals surface area contributed by atoms with Gasteiger partial charge in [-0.1, -0.05) is 78.9 Å². The zero-order valence-electron chi connectivity index (χ0n) is 23.8. The summed E-state index contributed by atoms with van der Waals surface area (Å²) < 4.78 is 19.0. The minimum Gasteiger partial charge on any atom is -0.493 e. The summed E-state index contributed by atoms with van der Waals surface area (Å²) in [4.78, 5) is 44.2. The predicted molar refractivity (Wildman–Crippen MR) is 164 cm³/mol. The maximum atomic E-state index is 14.1. The number of amides is 1. The molecule has 1 aliphatic rings. The lowest BCUT2D eigenvalue weighted by molar-refractivity contribution is -0.138. The van der Waals surface area contributed by atoms with Crippen LogP contribution in [0.5, 0.6) is 11.5 Å². The SMILES string of the molecule is CCCOc1ccccc1C1C(C(=O)OCC)=C(c2ccccc2)N=c2sc(=Cc3ccc(OCC(N)=O)cc3)c(=O)n21. The van der Waals surface area contributed by atoms with Crippen molar-refractivity contribution in [3.63, 3.8) is 0 Å². The number of carbonyl (C=O) groups excluding carboxylic acids is 2. The number of thiazole rings is 1. The fourth-order valence-electron chi connectivity index (χ4n) is 4.75. The minimum atomic E-state index is -0.842. The van der Waals surface area contributed by atoms with Gasteiger partial charge in [-0.15, -0.1) is 0 Å². The van der Waals surface area contributed by atoms with Gasteiger partial charge < -0.3 is 19.9 Å². The van der Waals surface area contributed by atoms with Gasteiger partial charge in [0.1, 0.15) is 17.5 Å². The number of primary amides is 1. The molecule has 0 spiro atoms. The van der Waals surface area contributed by atoms with Gasteiger partial charge in [0.2, 0.25) is 0 Å². The first kappa shape index (κ1) is 29.5. The zero-order chi connectivity index (χ0) is 30.3. The summed E-state index contributed by atoms with van der Waals surface area (Å²) in [5, 5.41) is 0. The monoisotopic (exact) mass is 597 g/mol. The summed E-state index contributed by atoms with van der Waals surface area (Å²) in [7, 11) is 0. The zero-order valence-corrected chi connectivity index (χ0v) is 24.6. The van der Waals surface area contributed by atoms with Crippen LogP contribution in [0.25, 0.3) is 11.8 Å². The van der Waals surface area contributed by atoms with Crippen LogP contribution in [0, 0.1) is 0 Å². The van der Waals surface area contributed by atoms with Crippen LogP contribution in [0.3, 0.4) is 0 Å². The third-order valence-corrected chi connectivity index (χ3v) is 7.59. The van der Waals surface area contributed by atoms with Crippen molar-refractivity contribution in [3.8, 4) is 11.5 Å². The molecule has 2 heterocycles. The van der Waals surface area contributed by atoms with Crippen molar-refractivity contribution in [2.45, 2.75) is 26.3 Å². The molecule has 220 valence electrons. The molecular formula is C33H31N3O6S. The number of hydrogen-bond donors (Lipinski definition) is 1.